The van der Waals surface area contributed by atoms with Gasteiger partial charge < -0.3 is 0 Å². The Balaban J connectivity index is 2.67. The van der Waals surface area contributed by atoms with Crippen molar-refractivity contribution >= 4 is 11.0 Å². The first kappa shape index (κ1) is 6.27. The highest BCUT2D eigenvalue weighted by molar-refractivity contribution is 5.71. The SMILES string of the molecule is CCc1n[c]c2c[nH]nc2n1. The second-order valence-electron chi connectivity index (χ2n) is 2.23. The molecule has 2 heterocycles. The summed E-state index contributed by atoms with van der Waals surface area (Å²) in [6.07, 6.45) is 5.39. The van der Waals surface area contributed by atoms with Gasteiger partial charge in [-0.15, -0.1) is 0 Å². The van der Waals surface area contributed by atoms with E-state index in [1.54, 1.807) is 6.20 Å². The lowest BCUT2D eigenvalue weighted by Crippen LogP contribution is -1.91. The van der Waals surface area contributed by atoms with E-state index in [1.807, 2.05) is 6.92 Å². The summed E-state index contributed by atoms with van der Waals surface area (Å²) in [6, 6.07) is 0. The van der Waals surface area contributed by atoms with Crippen LogP contribution in [-0.4, -0.2) is 20.2 Å². The summed E-state index contributed by atoms with van der Waals surface area (Å²) in [7, 11) is 0. The number of aromatic nitrogens is 4. The van der Waals surface area contributed by atoms with Gasteiger partial charge in [-0.25, -0.2) is 9.97 Å². The predicted octanol–water partition coefficient (Wildman–Crippen LogP) is 0.715. The van der Waals surface area contributed by atoms with Gasteiger partial charge in [0.2, 0.25) is 0 Å². The van der Waals surface area contributed by atoms with Gasteiger partial charge in [-0.3, -0.25) is 5.10 Å². The molecular weight excluding hydrogens is 140 g/mol. The van der Waals surface area contributed by atoms with Gasteiger partial charge in [0.1, 0.15) is 12.0 Å². The van der Waals surface area contributed by atoms with E-state index >= 15 is 0 Å². The number of nitrogens with one attached hydrogen (secondary N) is 1. The Morgan fingerprint density at radius 3 is 3.36 bits per heavy atom. The molecule has 1 N–H and O–H groups in total. The number of hydrogen-bond acceptors (Lipinski definition) is 3. The largest absolute Gasteiger partial charge is 0.283 e. The van der Waals surface area contributed by atoms with Gasteiger partial charge in [0.25, 0.3) is 0 Å². The van der Waals surface area contributed by atoms with Crippen LogP contribution in [0.5, 0.6) is 0 Å². The summed E-state index contributed by atoms with van der Waals surface area (Å²) in [4.78, 5) is 8.17. The maximum Gasteiger partial charge on any atom is 0.184 e. The molecule has 0 aromatic carbocycles. The zero-order valence-electron chi connectivity index (χ0n) is 6.13. The minimum absolute atomic E-state index is 0.692. The molecular formula is C7H7N4. The first-order valence-corrected chi connectivity index (χ1v) is 3.48. The zero-order chi connectivity index (χ0) is 7.68. The monoisotopic (exact) mass is 147 g/mol. The van der Waals surface area contributed by atoms with Crippen LogP contribution in [-0.2, 0) is 6.42 Å². The molecule has 2 aromatic heterocycles. The van der Waals surface area contributed by atoms with Crippen LogP contribution in [0, 0.1) is 6.20 Å². The van der Waals surface area contributed by atoms with Gasteiger partial charge in [0.05, 0.1) is 5.39 Å². The van der Waals surface area contributed by atoms with E-state index < -0.39 is 0 Å². The molecule has 11 heavy (non-hydrogen) atoms. The molecule has 0 fully saturated rings. The van der Waals surface area contributed by atoms with Crippen molar-refractivity contribution in [1.82, 2.24) is 20.2 Å². The fourth-order valence-electron chi connectivity index (χ4n) is 0.880. The van der Waals surface area contributed by atoms with E-state index in [2.05, 4.69) is 26.4 Å². The van der Waals surface area contributed by atoms with E-state index in [4.69, 9.17) is 0 Å². The zero-order valence-corrected chi connectivity index (χ0v) is 6.13. The van der Waals surface area contributed by atoms with E-state index in [0.717, 1.165) is 17.6 Å². The molecule has 2 rings (SSSR count). The summed E-state index contributed by atoms with van der Waals surface area (Å²) in [5.74, 6) is 0.782. The van der Waals surface area contributed by atoms with E-state index in [-0.39, 0.29) is 0 Å². The number of fused-ring (bicyclic) bond motifs is 1. The summed E-state index contributed by atoms with van der Waals surface area (Å²) in [5.41, 5.74) is 0.692. The van der Waals surface area contributed by atoms with Crippen LogP contribution < -0.4 is 0 Å². The molecule has 0 bridgehead atoms. The molecule has 0 spiro atoms. The smallest absolute Gasteiger partial charge is 0.184 e. The molecule has 0 aliphatic heterocycles. The Morgan fingerprint density at radius 1 is 1.64 bits per heavy atom. The first-order valence-electron chi connectivity index (χ1n) is 3.48. The second-order valence-corrected chi connectivity index (χ2v) is 2.23. The molecule has 1 radical (unpaired) electrons. The van der Waals surface area contributed by atoms with Crippen LogP contribution in [0.3, 0.4) is 0 Å². The molecule has 2 aromatic rings. The quantitative estimate of drug-likeness (QED) is 0.646. The van der Waals surface area contributed by atoms with E-state index in [0.29, 0.717) is 5.65 Å². The Bertz CT molecular complexity index is 365. The van der Waals surface area contributed by atoms with Crippen molar-refractivity contribution < 1.29 is 0 Å². The highest BCUT2D eigenvalue weighted by Gasteiger charge is 1.98. The standard InChI is InChI=1S/C7H7N4/c1-2-6-8-3-5-4-9-11-7(5)10-6/h4H,2H2,1H3,(H,8,9,10,11). The molecule has 0 saturated carbocycles. The fourth-order valence-corrected chi connectivity index (χ4v) is 0.880. The summed E-state index contributed by atoms with van der Waals surface area (Å²) >= 11 is 0. The Hall–Kier alpha value is -1.45. The lowest BCUT2D eigenvalue weighted by Gasteiger charge is -1.90. The lowest BCUT2D eigenvalue weighted by atomic mass is 10.4. The molecule has 4 nitrogen and oxygen atoms in total. The second kappa shape index (κ2) is 2.30. The number of aromatic amines is 1. The maximum atomic E-state index is 4.17. The van der Waals surface area contributed by atoms with E-state index in [1.165, 1.54) is 0 Å². The van der Waals surface area contributed by atoms with Crippen molar-refractivity contribution in [1.29, 1.82) is 0 Å². The molecule has 4 heteroatoms. The van der Waals surface area contributed by atoms with Crippen LogP contribution in [0.1, 0.15) is 12.7 Å². The minimum atomic E-state index is 0.692. The molecule has 0 unspecified atom stereocenters. The number of rotatable bonds is 1. The van der Waals surface area contributed by atoms with Crippen molar-refractivity contribution in [2.75, 3.05) is 0 Å². The van der Waals surface area contributed by atoms with Gasteiger partial charge in [0.15, 0.2) is 5.65 Å². The normalized spacial score (nSPS) is 10.6. The van der Waals surface area contributed by atoms with Crippen molar-refractivity contribution in [3.8, 4) is 0 Å². The molecule has 0 saturated heterocycles. The molecule has 55 valence electrons. The lowest BCUT2D eigenvalue weighted by molar-refractivity contribution is 0.947. The van der Waals surface area contributed by atoms with Gasteiger partial charge >= 0.3 is 0 Å². The number of nitrogens with zero attached hydrogens (tertiary/aromatic N) is 3. The third kappa shape index (κ3) is 0.960. The maximum absolute atomic E-state index is 4.17. The third-order valence-electron chi connectivity index (χ3n) is 1.48. The van der Waals surface area contributed by atoms with Crippen molar-refractivity contribution in [3.63, 3.8) is 0 Å². The third-order valence-corrected chi connectivity index (χ3v) is 1.48. The first-order chi connectivity index (χ1) is 5.40. The van der Waals surface area contributed by atoms with Crippen LogP contribution >= 0.6 is 0 Å². The molecule has 0 aliphatic rings. The topological polar surface area (TPSA) is 54.5 Å². The highest BCUT2D eigenvalue weighted by atomic mass is 15.1. The van der Waals surface area contributed by atoms with Gasteiger partial charge in [-0.2, -0.15) is 5.10 Å². The van der Waals surface area contributed by atoms with E-state index in [9.17, 15) is 0 Å². The highest BCUT2D eigenvalue weighted by Crippen LogP contribution is 2.04. The predicted molar refractivity (Wildman–Crippen MR) is 39.9 cm³/mol. The van der Waals surface area contributed by atoms with Gasteiger partial charge in [-0.05, 0) is 0 Å². The Labute approximate surface area is 63.7 Å². The average Bonchev–Trinajstić information content (AvgIpc) is 2.50. The van der Waals surface area contributed by atoms with Crippen LogP contribution in [0.4, 0.5) is 0 Å². The molecule has 0 amide bonds. The van der Waals surface area contributed by atoms with Crippen LogP contribution in [0.2, 0.25) is 0 Å². The van der Waals surface area contributed by atoms with Gasteiger partial charge in [-0.1, -0.05) is 6.92 Å². The van der Waals surface area contributed by atoms with Crippen molar-refractivity contribution in [2.24, 2.45) is 0 Å². The van der Waals surface area contributed by atoms with Crippen molar-refractivity contribution in [2.45, 2.75) is 13.3 Å². The van der Waals surface area contributed by atoms with Crippen LogP contribution in [0.25, 0.3) is 11.0 Å². The van der Waals surface area contributed by atoms with Crippen molar-refractivity contribution in [3.05, 3.63) is 18.2 Å². The average molecular weight is 147 g/mol. The number of hydrogen-bond donors (Lipinski definition) is 1. The van der Waals surface area contributed by atoms with Crippen LogP contribution in [0.15, 0.2) is 6.20 Å². The summed E-state index contributed by atoms with van der Waals surface area (Å²) in [6.45, 7) is 2.00. The Kier molecular flexibility index (Phi) is 1.31. The Morgan fingerprint density at radius 2 is 2.55 bits per heavy atom. The number of H-pyrrole nitrogens is 1. The molecule has 0 atom stereocenters. The summed E-state index contributed by atoms with van der Waals surface area (Å²) in [5, 5.41) is 7.46. The fraction of sp³-hybridized carbons (Fsp3) is 0.286. The summed E-state index contributed by atoms with van der Waals surface area (Å²) < 4.78 is 0. The van der Waals surface area contributed by atoms with Gasteiger partial charge in [0, 0.05) is 12.6 Å². The molecule has 0 aliphatic carbocycles. The number of aryl methyl sites for hydroxylation is 1. The minimum Gasteiger partial charge on any atom is -0.283 e.